The molecule has 0 aliphatic heterocycles. The minimum atomic E-state index is -3.93. The summed E-state index contributed by atoms with van der Waals surface area (Å²) >= 11 is 0. The maximum atomic E-state index is 13.1. The number of hydrogen-bond donors (Lipinski definition) is 2. The minimum Gasteiger partial charge on any atom is -0.449 e. The van der Waals surface area contributed by atoms with Gasteiger partial charge in [-0.15, -0.1) is 0 Å². The minimum absolute atomic E-state index is 0.0390. The van der Waals surface area contributed by atoms with Gasteiger partial charge in [0.15, 0.2) is 6.10 Å². The lowest BCUT2D eigenvalue weighted by atomic mass is 10.2. The van der Waals surface area contributed by atoms with E-state index >= 15 is 0 Å². The summed E-state index contributed by atoms with van der Waals surface area (Å²) in [5.74, 6) is -1.69. The van der Waals surface area contributed by atoms with Crippen LogP contribution in [-0.2, 0) is 19.6 Å². The standard InChI is InChI=1S/C21H25N3O6S/c1-4-22-21(27)23-19(25)15(3)30-20(26)16-10-9-13-18(14-16)31(28,29)24(5-2)17-11-7-6-8-12-17/h6-15H,4-5H2,1-3H3,(H2,22,23,25,27)/t15-/m0/s1. The Hall–Kier alpha value is -3.40. The molecule has 0 saturated carbocycles. The van der Waals surface area contributed by atoms with Crippen LogP contribution in [0.25, 0.3) is 0 Å². The fourth-order valence-corrected chi connectivity index (χ4v) is 4.22. The molecule has 2 N–H and O–H groups in total. The first-order valence-electron chi connectivity index (χ1n) is 9.68. The van der Waals surface area contributed by atoms with Crippen molar-refractivity contribution in [1.82, 2.24) is 10.6 Å². The van der Waals surface area contributed by atoms with E-state index in [0.717, 1.165) is 0 Å². The highest BCUT2D eigenvalue weighted by Gasteiger charge is 2.26. The highest BCUT2D eigenvalue weighted by molar-refractivity contribution is 7.92. The number of nitrogens with zero attached hydrogens (tertiary/aromatic N) is 1. The number of amides is 3. The molecule has 9 nitrogen and oxygen atoms in total. The number of urea groups is 1. The maximum Gasteiger partial charge on any atom is 0.338 e. The van der Waals surface area contributed by atoms with Crippen LogP contribution in [0, 0.1) is 0 Å². The molecule has 0 fully saturated rings. The van der Waals surface area contributed by atoms with E-state index in [2.05, 4.69) is 5.32 Å². The molecule has 2 rings (SSSR count). The first kappa shape index (κ1) is 23.9. The van der Waals surface area contributed by atoms with Crippen LogP contribution in [-0.4, -0.2) is 45.5 Å². The van der Waals surface area contributed by atoms with Crippen molar-refractivity contribution in [3.8, 4) is 0 Å². The number of sulfonamides is 1. The van der Waals surface area contributed by atoms with Crippen molar-refractivity contribution in [2.24, 2.45) is 0 Å². The SMILES string of the molecule is CCNC(=O)NC(=O)[C@H](C)OC(=O)c1cccc(S(=O)(=O)N(CC)c2ccccc2)c1. The largest absolute Gasteiger partial charge is 0.449 e. The molecule has 31 heavy (non-hydrogen) atoms. The summed E-state index contributed by atoms with van der Waals surface area (Å²) in [7, 11) is -3.93. The molecule has 0 bridgehead atoms. The average molecular weight is 448 g/mol. The zero-order valence-electron chi connectivity index (χ0n) is 17.5. The molecular formula is C21H25N3O6S. The number of carbonyl (C=O) groups is 3. The lowest BCUT2D eigenvalue weighted by molar-refractivity contribution is -0.127. The second kappa shape index (κ2) is 10.6. The first-order valence-corrected chi connectivity index (χ1v) is 11.1. The summed E-state index contributed by atoms with van der Waals surface area (Å²) in [6.07, 6.45) is -1.26. The van der Waals surface area contributed by atoms with Gasteiger partial charge in [0.2, 0.25) is 0 Å². The lowest BCUT2D eigenvalue weighted by Crippen LogP contribution is -2.44. The molecule has 166 valence electrons. The van der Waals surface area contributed by atoms with Crippen LogP contribution < -0.4 is 14.9 Å². The maximum absolute atomic E-state index is 13.1. The Morgan fingerprint density at radius 2 is 1.71 bits per heavy atom. The molecular weight excluding hydrogens is 422 g/mol. The molecule has 0 aromatic heterocycles. The number of rotatable bonds is 8. The zero-order chi connectivity index (χ0) is 23.0. The van der Waals surface area contributed by atoms with Gasteiger partial charge in [-0.25, -0.2) is 18.0 Å². The number of hydrogen-bond acceptors (Lipinski definition) is 6. The van der Waals surface area contributed by atoms with E-state index in [0.29, 0.717) is 12.2 Å². The molecule has 0 aliphatic carbocycles. The van der Waals surface area contributed by atoms with Crippen LogP contribution in [0.2, 0.25) is 0 Å². The third kappa shape index (κ3) is 6.05. The smallest absolute Gasteiger partial charge is 0.338 e. The van der Waals surface area contributed by atoms with Gasteiger partial charge < -0.3 is 10.1 Å². The molecule has 0 aliphatic rings. The molecule has 0 saturated heterocycles. The Balaban J connectivity index is 2.19. The normalized spacial score (nSPS) is 11.8. The van der Waals surface area contributed by atoms with Gasteiger partial charge in [-0.2, -0.15) is 0 Å². The molecule has 10 heteroatoms. The lowest BCUT2D eigenvalue weighted by Gasteiger charge is -2.23. The first-order chi connectivity index (χ1) is 14.7. The third-order valence-electron chi connectivity index (χ3n) is 4.22. The van der Waals surface area contributed by atoms with E-state index in [9.17, 15) is 22.8 Å². The van der Waals surface area contributed by atoms with Crippen molar-refractivity contribution in [1.29, 1.82) is 0 Å². The van der Waals surface area contributed by atoms with Crippen molar-refractivity contribution < 1.29 is 27.5 Å². The van der Waals surface area contributed by atoms with Gasteiger partial charge in [0, 0.05) is 13.1 Å². The van der Waals surface area contributed by atoms with Crippen molar-refractivity contribution in [3.63, 3.8) is 0 Å². The second-order valence-electron chi connectivity index (χ2n) is 6.43. The van der Waals surface area contributed by atoms with E-state index < -0.39 is 34.0 Å². The number of imide groups is 1. The average Bonchev–Trinajstić information content (AvgIpc) is 2.75. The van der Waals surface area contributed by atoms with Gasteiger partial charge in [-0.05, 0) is 51.1 Å². The molecule has 3 amide bonds. The van der Waals surface area contributed by atoms with E-state index in [1.54, 1.807) is 44.2 Å². The Morgan fingerprint density at radius 3 is 2.32 bits per heavy atom. The van der Waals surface area contributed by atoms with E-state index in [1.807, 2.05) is 5.32 Å². The van der Waals surface area contributed by atoms with Crippen molar-refractivity contribution in [2.75, 3.05) is 17.4 Å². The van der Waals surface area contributed by atoms with Gasteiger partial charge in [0.25, 0.3) is 15.9 Å². The number of esters is 1. The van der Waals surface area contributed by atoms with Crippen LogP contribution in [0.3, 0.4) is 0 Å². The number of para-hydroxylation sites is 1. The highest BCUT2D eigenvalue weighted by Crippen LogP contribution is 2.24. The Bertz CT molecular complexity index is 1040. The number of carbonyl (C=O) groups excluding carboxylic acids is 3. The van der Waals surface area contributed by atoms with Crippen LogP contribution in [0.5, 0.6) is 0 Å². The second-order valence-corrected chi connectivity index (χ2v) is 8.29. The zero-order valence-corrected chi connectivity index (χ0v) is 18.3. The van der Waals surface area contributed by atoms with Crippen molar-refractivity contribution >= 4 is 33.6 Å². The summed E-state index contributed by atoms with van der Waals surface area (Å²) in [5.41, 5.74) is 0.455. The molecule has 0 heterocycles. The van der Waals surface area contributed by atoms with E-state index in [-0.39, 0.29) is 17.0 Å². The fraction of sp³-hybridized carbons (Fsp3) is 0.286. The molecule has 0 unspecified atom stereocenters. The van der Waals surface area contributed by atoms with Gasteiger partial charge in [0.1, 0.15) is 0 Å². The van der Waals surface area contributed by atoms with Crippen molar-refractivity contribution in [3.05, 3.63) is 60.2 Å². The van der Waals surface area contributed by atoms with Crippen LogP contribution in [0.15, 0.2) is 59.5 Å². The summed E-state index contributed by atoms with van der Waals surface area (Å²) in [5, 5.41) is 4.43. The number of anilines is 1. The Morgan fingerprint density at radius 1 is 1.03 bits per heavy atom. The monoisotopic (exact) mass is 447 g/mol. The van der Waals surface area contributed by atoms with Gasteiger partial charge >= 0.3 is 12.0 Å². The highest BCUT2D eigenvalue weighted by atomic mass is 32.2. The van der Waals surface area contributed by atoms with Crippen LogP contribution in [0.1, 0.15) is 31.1 Å². The Kier molecular flexibility index (Phi) is 8.14. The number of ether oxygens (including phenoxy) is 1. The van der Waals surface area contributed by atoms with Gasteiger partial charge in [0.05, 0.1) is 16.1 Å². The summed E-state index contributed by atoms with van der Waals surface area (Å²) in [4.78, 5) is 35.7. The summed E-state index contributed by atoms with van der Waals surface area (Å²) in [6, 6.07) is 13.3. The predicted molar refractivity (Wildman–Crippen MR) is 115 cm³/mol. The summed E-state index contributed by atoms with van der Waals surface area (Å²) < 4.78 is 32.5. The quantitative estimate of drug-likeness (QED) is 0.599. The van der Waals surface area contributed by atoms with E-state index in [1.165, 1.54) is 35.5 Å². The fourth-order valence-electron chi connectivity index (χ4n) is 2.70. The van der Waals surface area contributed by atoms with E-state index in [4.69, 9.17) is 4.74 Å². The van der Waals surface area contributed by atoms with Crippen molar-refractivity contribution in [2.45, 2.75) is 31.8 Å². The predicted octanol–water partition coefficient (Wildman–Crippen LogP) is 2.29. The number of benzene rings is 2. The molecule has 1 atom stereocenters. The van der Waals surface area contributed by atoms with Crippen LogP contribution >= 0.6 is 0 Å². The topological polar surface area (TPSA) is 122 Å². The third-order valence-corrected chi connectivity index (χ3v) is 6.12. The molecule has 2 aromatic rings. The summed E-state index contributed by atoms with van der Waals surface area (Å²) in [6.45, 7) is 5.22. The Labute approximate surface area is 181 Å². The molecule has 0 radical (unpaired) electrons. The van der Waals surface area contributed by atoms with Gasteiger partial charge in [-0.3, -0.25) is 14.4 Å². The van der Waals surface area contributed by atoms with Crippen LogP contribution in [0.4, 0.5) is 10.5 Å². The van der Waals surface area contributed by atoms with Gasteiger partial charge in [-0.1, -0.05) is 24.3 Å². The molecule has 0 spiro atoms. The number of nitrogens with one attached hydrogen (secondary N) is 2. The molecule has 2 aromatic carbocycles.